The number of halogens is 2. The fourth-order valence-electron chi connectivity index (χ4n) is 2.37. The first kappa shape index (κ1) is 19.0. The number of nitrogens with zero attached hydrogens (tertiary/aromatic N) is 1. The zero-order valence-electron chi connectivity index (χ0n) is 14.1. The van der Waals surface area contributed by atoms with E-state index in [1.165, 1.54) is 30.5 Å². The Morgan fingerprint density at radius 1 is 1.19 bits per heavy atom. The van der Waals surface area contributed by atoms with Crippen molar-refractivity contribution in [2.24, 2.45) is 0 Å². The van der Waals surface area contributed by atoms with Gasteiger partial charge in [-0.15, -0.1) is 0 Å². The Kier molecular flexibility index (Phi) is 6.16. The molecule has 138 valence electrons. The van der Waals surface area contributed by atoms with Gasteiger partial charge < -0.3 is 15.2 Å². The molecule has 0 aliphatic rings. The number of ether oxygens (including phenoxy) is 1. The molecule has 1 unspecified atom stereocenters. The van der Waals surface area contributed by atoms with Crippen molar-refractivity contribution in [1.29, 1.82) is 0 Å². The molecular weight excluding hydrogens is 415 g/mol. The van der Waals surface area contributed by atoms with E-state index in [1.54, 1.807) is 30.3 Å². The van der Waals surface area contributed by atoms with Crippen molar-refractivity contribution in [1.82, 2.24) is 10.3 Å². The van der Waals surface area contributed by atoms with Gasteiger partial charge in [-0.1, -0.05) is 34.1 Å². The topological polar surface area (TPSA) is 71.5 Å². The van der Waals surface area contributed by atoms with Crippen molar-refractivity contribution < 1.29 is 19.0 Å². The molecule has 0 aliphatic carbocycles. The summed E-state index contributed by atoms with van der Waals surface area (Å²) >= 11 is 3.36. The van der Waals surface area contributed by atoms with Crippen molar-refractivity contribution >= 4 is 21.8 Å². The first-order chi connectivity index (χ1) is 13.0. The number of amides is 1. The Bertz CT molecular complexity index is 935. The average Bonchev–Trinajstić information content (AvgIpc) is 2.67. The Morgan fingerprint density at radius 2 is 1.96 bits per heavy atom. The van der Waals surface area contributed by atoms with Gasteiger partial charge in [-0.3, -0.25) is 4.79 Å². The minimum absolute atomic E-state index is 0.0321. The maximum atomic E-state index is 13.0. The molecule has 1 amide bonds. The van der Waals surface area contributed by atoms with Crippen molar-refractivity contribution in [3.63, 3.8) is 0 Å². The van der Waals surface area contributed by atoms with Crippen molar-refractivity contribution in [2.45, 2.75) is 6.10 Å². The summed E-state index contributed by atoms with van der Waals surface area (Å²) in [5.41, 5.74) is 0.747. The highest BCUT2D eigenvalue weighted by Crippen LogP contribution is 2.25. The number of aliphatic hydroxyl groups is 1. The molecular formula is C20H16BrFN2O3. The third kappa shape index (κ3) is 5.12. The van der Waals surface area contributed by atoms with Gasteiger partial charge in [0, 0.05) is 17.2 Å². The number of carbonyl (C=O) groups excluding carboxylic acids is 1. The minimum atomic E-state index is -0.958. The Labute approximate surface area is 164 Å². The molecule has 1 atom stereocenters. The molecule has 0 bridgehead atoms. The van der Waals surface area contributed by atoms with Gasteiger partial charge in [0.25, 0.3) is 5.91 Å². The number of hydrogen-bond donors (Lipinski definition) is 2. The van der Waals surface area contributed by atoms with Crippen molar-refractivity contribution in [3.8, 4) is 11.6 Å². The fraction of sp³-hybridized carbons (Fsp3) is 0.100. The van der Waals surface area contributed by atoms with Gasteiger partial charge >= 0.3 is 0 Å². The Morgan fingerprint density at radius 3 is 2.70 bits per heavy atom. The van der Waals surface area contributed by atoms with Crippen molar-refractivity contribution in [2.75, 3.05) is 6.54 Å². The highest BCUT2D eigenvalue weighted by Gasteiger charge is 2.16. The van der Waals surface area contributed by atoms with E-state index in [1.807, 2.05) is 6.07 Å². The molecule has 0 aliphatic heterocycles. The molecule has 0 fully saturated rings. The summed E-state index contributed by atoms with van der Waals surface area (Å²) in [5, 5.41) is 12.8. The van der Waals surface area contributed by atoms with Crippen LogP contribution < -0.4 is 10.1 Å². The van der Waals surface area contributed by atoms with Gasteiger partial charge in [0.2, 0.25) is 5.88 Å². The maximum absolute atomic E-state index is 13.0. The Hall–Kier alpha value is -2.77. The summed E-state index contributed by atoms with van der Waals surface area (Å²) in [6.07, 6.45) is 0.568. The summed E-state index contributed by atoms with van der Waals surface area (Å²) < 4.78 is 19.5. The lowest BCUT2D eigenvalue weighted by atomic mass is 10.1. The molecule has 3 aromatic rings. The van der Waals surface area contributed by atoms with Crippen LogP contribution in [0.5, 0.6) is 11.6 Å². The molecule has 1 heterocycles. The summed E-state index contributed by atoms with van der Waals surface area (Å²) in [5.74, 6) is -0.137. The van der Waals surface area contributed by atoms with Gasteiger partial charge in [-0.25, -0.2) is 9.37 Å². The molecule has 0 saturated heterocycles. The SMILES string of the molecule is O=C(NCC(O)c1ccc(F)cc1)c1cccnc1Oc1cccc(Br)c1. The summed E-state index contributed by atoms with van der Waals surface area (Å²) in [6.45, 7) is -0.0321. The number of aromatic nitrogens is 1. The lowest BCUT2D eigenvalue weighted by Crippen LogP contribution is -2.28. The summed E-state index contributed by atoms with van der Waals surface area (Å²) in [4.78, 5) is 16.6. The van der Waals surface area contributed by atoms with Gasteiger partial charge in [0.1, 0.15) is 17.1 Å². The zero-order valence-corrected chi connectivity index (χ0v) is 15.7. The predicted octanol–water partition coefficient (Wildman–Crippen LogP) is 4.24. The van der Waals surface area contributed by atoms with Crippen molar-refractivity contribution in [3.05, 3.63) is 88.3 Å². The maximum Gasteiger partial charge on any atom is 0.256 e. The first-order valence-corrected chi connectivity index (χ1v) is 8.92. The lowest BCUT2D eigenvalue weighted by Gasteiger charge is -2.14. The van der Waals surface area contributed by atoms with E-state index in [0.717, 1.165) is 4.47 Å². The number of hydrogen-bond acceptors (Lipinski definition) is 4. The third-order valence-corrected chi connectivity index (χ3v) is 4.23. The van der Waals surface area contributed by atoms with Gasteiger partial charge in [-0.05, 0) is 48.0 Å². The normalized spacial score (nSPS) is 11.7. The highest BCUT2D eigenvalue weighted by molar-refractivity contribution is 9.10. The minimum Gasteiger partial charge on any atom is -0.438 e. The Balaban J connectivity index is 1.68. The molecule has 3 rings (SSSR count). The van der Waals surface area contributed by atoms with Crippen LogP contribution in [0.25, 0.3) is 0 Å². The fourth-order valence-corrected chi connectivity index (χ4v) is 2.75. The molecule has 0 radical (unpaired) electrons. The summed E-state index contributed by atoms with van der Waals surface area (Å²) in [6, 6.07) is 15.8. The van der Waals surface area contributed by atoms with Crippen LogP contribution in [-0.4, -0.2) is 22.5 Å². The van der Waals surface area contributed by atoms with Crippen LogP contribution >= 0.6 is 15.9 Å². The second-order valence-corrected chi connectivity index (χ2v) is 6.61. The van der Waals surface area contributed by atoms with Gasteiger partial charge in [0.15, 0.2) is 0 Å². The number of nitrogens with one attached hydrogen (secondary N) is 1. The van der Waals surface area contributed by atoms with E-state index >= 15 is 0 Å². The predicted molar refractivity (Wildman–Crippen MR) is 102 cm³/mol. The number of pyridine rings is 1. The molecule has 0 saturated carbocycles. The zero-order chi connectivity index (χ0) is 19.2. The number of carbonyl (C=O) groups is 1. The van der Waals surface area contributed by atoms with Crippen LogP contribution in [0.2, 0.25) is 0 Å². The van der Waals surface area contributed by atoms with E-state index in [-0.39, 0.29) is 23.8 Å². The summed E-state index contributed by atoms with van der Waals surface area (Å²) in [7, 11) is 0. The molecule has 2 aromatic carbocycles. The molecule has 0 spiro atoms. The van der Waals surface area contributed by atoms with Crippen LogP contribution in [-0.2, 0) is 0 Å². The van der Waals surface area contributed by atoms with Crippen LogP contribution in [0.15, 0.2) is 71.3 Å². The van der Waals surface area contributed by atoms with Crippen LogP contribution in [0.4, 0.5) is 4.39 Å². The standard InChI is InChI=1S/C20H16BrFN2O3/c21-14-3-1-4-16(11-14)27-20-17(5-2-10-23-20)19(26)24-12-18(25)13-6-8-15(22)9-7-13/h1-11,18,25H,12H2,(H,24,26). The smallest absolute Gasteiger partial charge is 0.256 e. The lowest BCUT2D eigenvalue weighted by molar-refractivity contribution is 0.0913. The molecule has 7 heteroatoms. The number of aliphatic hydroxyl groups excluding tert-OH is 1. The second-order valence-electron chi connectivity index (χ2n) is 5.69. The molecule has 5 nitrogen and oxygen atoms in total. The molecule has 2 N–H and O–H groups in total. The van der Waals surface area contributed by atoms with Gasteiger partial charge in [-0.2, -0.15) is 0 Å². The molecule has 27 heavy (non-hydrogen) atoms. The monoisotopic (exact) mass is 430 g/mol. The van der Waals surface area contributed by atoms with E-state index in [0.29, 0.717) is 11.3 Å². The van der Waals surface area contributed by atoms with E-state index in [4.69, 9.17) is 4.74 Å². The largest absolute Gasteiger partial charge is 0.438 e. The van der Waals surface area contributed by atoms with E-state index in [9.17, 15) is 14.3 Å². The van der Waals surface area contributed by atoms with Crippen LogP contribution in [0.3, 0.4) is 0 Å². The van der Waals surface area contributed by atoms with Crippen LogP contribution in [0, 0.1) is 5.82 Å². The quantitative estimate of drug-likeness (QED) is 0.613. The number of benzene rings is 2. The first-order valence-electron chi connectivity index (χ1n) is 8.13. The second kappa shape index (κ2) is 8.75. The highest BCUT2D eigenvalue weighted by atomic mass is 79.9. The van der Waals surface area contributed by atoms with E-state index in [2.05, 4.69) is 26.2 Å². The van der Waals surface area contributed by atoms with Crippen LogP contribution in [0.1, 0.15) is 22.0 Å². The molecule has 1 aromatic heterocycles. The average molecular weight is 431 g/mol. The number of rotatable bonds is 6. The van der Waals surface area contributed by atoms with Gasteiger partial charge in [0.05, 0.1) is 6.10 Å². The third-order valence-electron chi connectivity index (χ3n) is 3.74. The van der Waals surface area contributed by atoms with E-state index < -0.39 is 12.0 Å².